The standard InChI is InChI=1S/C13H17F3N2O/c14-13(15,16)7-5-12(19)18-9-11-3-1-10(2-4-11)6-8-17/h1-4H,5-9,17H2,(H,18,19). The first-order valence-electron chi connectivity index (χ1n) is 6.02. The molecule has 3 N–H and O–H groups in total. The summed E-state index contributed by atoms with van der Waals surface area (Å²) in [5.74, 6) is -0.594. The molecule has 1 rings (SSSR count). The van der Waals surface area contributed by atoms with Crippen molar-refractivity contribution in [1.29, 1.82) is 0 Å². The molecule has 0 radical (unpaired) electrons. The number of rotatable bonds is 6. The maximum absolute atomic E-state index is 11.9. The Labute approximate surface area is 110 Å². The minimum atomic E-state index is -4.29. The van der Waals surface area contributed by atoms with Gasteiger partial charge >= 0.3 is 6.18 Å². The van der Waals surface area contributed by atoms with Crippen LogP contribution in [0.3, 0.4) is 0 Å². The van der Waals surface area contributed by atoms with E-state index in [0.717, 1.165) is 17.5 Å². The maximum Gasteiger partial charge on any atom is 0.389 e. The van der Waals surface area contributed by atoms with Crippen molar-refractivity contribution in [3.05, 3.63) is 35.4 Å². The first kappa shape index (κ1) is 15.5. The summed E-state index contributed by atoms with van der Waals surface area (Å²) in [5.41, 5.74) is 7.36. The molecular weight excluding hydrogens is 257 g/mol. The van der Waals surface area contributed by atoms with Gasteiger partial charge in [-0.15, -0.1) is 0 Å². The van der Waals surface area contributed by atoms with Gasteiger partial charge in [-0.1, -0.05) is 24.3 Å². The molecule has 0 aliphatic heterocycles. The summed E-state index contributed by atoms with van der Waals surface area (Å²) >= 11 is 0. The smallest absolute Gasteiger partial charge is 0.352 e. The van der Waals surface area contributed by atoms with Gasteiger partial charge < -0.3 is 11.1 Å². The molecule has 106 valence electrons. The van der Waals surface area contributed by atoms with Gasteiger partial charge in [0.05, 0.1) is 6.42 Å². The summed E-state index contributed by atoms with van der Waals surface area (Å²) in [6, 6.07) is 7.44. The van der Waals surface area contributed by atoms with Crippen molar-refractivity contribution in [2.45, 2.75) is 32.0 Å². The molecular formula is C13H17F3N2O. The predicted molar refractivity (Wildman–Crippen MR) is 66.3 cm³/mol. The number of carbonyl (C=O) groups is 1. The summed E-state index contributed by atoms with van der Waals surface area (Å²) in [4.78, 5) is 11.2. The number of alkyl halides is 3. The third-order valence-corrected chi connectivity index (χ3v) is 2.58. The van der Waals surface area contributed by atoms with Gasteiger partial charge in [0.1, 0.15) is 0 Å². The van der Waals surface area contributed by atoms with Gasteiger partial charge in [0, 0.05) is 13.0 Å². The van der Waals surface area contributed by atoms with Gasteiger partial charge in [0.2, 0.25) is 5.91 Å². The zero-order valence-electron chi connectivity index (χ0n) is 10.5. The molecule has 0 bridgehead atoms. The monoisotopic (exact) mass is 274 g/mol. The maximum atomic E-state index is 11.9. The molecule has 0 heterocycles. The highest BCUT2D eigenvalue weighted by Gasteiger charge is 2.27. The van der Waals surface area contributed by atoms with E-state index in [1.165, 1.54) is 0 Å². The Morgan fingerprint density at radius 3 is 2.26 bits per heavy atom. The van der Waals surface area contributed by atoms with E-state index >= 15 is 0 Å². The Hall–Kier alpha value is -1.56. The number of amides is 1. The van der Waals surface area contributed by atoms with E-state index in [-0.39, 0.29) is 6.54 Å². The zero-order chi connectivity index (χ0) is 14.3. The minimum absolute atomic E-state index is 0.236. The lowest BCUT2D eigenvalue weighted by molar-refractivity contribution is -0.144. The number of hydrogen-bond acceptors (Lipinski definition) is 2. The van der Waals surface area contributed by atoms with Crippen LogP contribution in [0.5, 0.6) is 0 Å². The fourth-order valence-corrected chi connectivity index (χ4v) is 1.53. The second-order valence-electron chi connectivity index (χ2n) is 4.25. The number of hydrogen-bond donors (Lipinski definition) is 2. The highest BCUT2D eigenvalue weighted by atomic mass is 19.4. The molecule has 1 aromatic carbocycles. The van der Waals surface area contributed by atoms with Crippen molar-refractivity contribution < 1.29 is 18.0 Å². The summed E-state index contributed by atoms with van der Waals surface area (Å²) < 4.78 is 35.7. The van der Waals surface area contributed by atoms with Crippen LogP contribution in [0, 0.1) is 0 Å². The molecule has 1 aromatic rings. The van der Waals surface area contributed by atoms with Crippen LogP contribution in [0.4, 0.5) is 13.2 Å². The van der Waals surface area contributed by atoms with Gasteiger partial charge in [0.15, 0.2) is 0 Å². The van der Waals surface area contributed by atoms with E-state index in [4.69, 9.17) is 5.73 Å². The summed E-state index contributed by atoms with van der Waals surface area (Å²) in [6.45, 7) is 0.799. The van der Waals surface area contributed by atoms with Crippen molar-refractivity contribution >= 4 is 5.91 Å². The Morgan fingerprint density at radius 2 is 1.74 bits per heavy atom. The fraction of sp³-hybridized carbons (Fsp3) is 0.462. The quantitative estimate of drug-likeness (QED) is 0.835. The van der Waals surface area contributed by atoms with Crippen LogP contribution >= 0.6 is 0 Å². The van der Waals surface area contributed by atoms with E-state index in [1.807, 2.05) is 24.3 Å². The van der Waals surface area contributed by atoms with Crippen molar-refractivity contribution in [1.82, 2.24) is 5.32 Å². The summed E-state index contributed by atoms with van der Waals surface area (Å²) in [7, 11) is 0. The fourth-order valence-electron chi connectivity index (χ4n) is 1.53. The molecule has 0 atom stereocenters. The van der Waals surface area contributed by atoms with Crippen LogP contribution in [0.25, 0.3) is 0 Å². The average Bonchev–Trinajstić information content (AvgIpc) is 2.35. The molecule has 0 fully saturated rings. The molecule has 0 aromatic heterocycles. The van der Waals surface area contributed by atoms with Gasteiger partial charge in [-0.3, -0.25) is 4.79 Å². The molecule has 1 amide bonds. The highest BCUT2D eigenvalue weighted by molar-refractivity contribution is 5.75. The highest BCUT2D eigenvalue weighted by Crippen LogP contribution is 2.21. The van der Waals surface area contributed by atoms with Gasteiger partial charge in [-0.2, -0.15) is 13.2 Å². The van der Waals surface area contributed by atoms with Crippen molar-refractivity contribution in [2.24, 2.45) is 5.73 Å². The molecule has 0 aliphatic rings. The third-order valence-electron chi connectivity index (χ3n) is 2.58. The van der Waals surface area contributed by atoms with Crippen molar-refractivity contribution in [3.63, 3.8) is 0 Å². The second-order valence-corrected chi connectivity index (χ2v) is 4.25. The SMILES string of the molecule is NCCc1ccc(CNC(=O)CCC(F)(F)F)cc1. The first-order valence-corrected chi connectivity index (χ1v) is 6.02. The zero-order valence-corrected chi connectivity index (χ0v) is 10.5. The number of nitrogens with two attached hydrogens (primary N) is 1. The average molecular weight is 274 g/mol. The molecule has 0 aliphatic carbocycles. The van der Waals surface area contributed by atoms with Crippen LogP contribution in [0.15, 0.2) is 24.3 Å². The van der Waals surface area contributed by atoms with Gasteiger partial charge in [0.25, 0.3) is 0 Å². The molecule has 19 heavy (non-hydrogen) atoms. The van der Waals surface area contributed by atoms with E-state index in [1.54, 1.807) is 0 Å². The molecule has 0 saturated carbocycles. The van der Waals surface area contributed by atoms with Crippen LogP contribution in [-0.2, 0) is 17.8 Å². The number of carbonyl (C=O) groups excluding carboxylic acids is 1. The Bertz CT molecular complexity index is 401. The van der Waals surface area contributed by atoms with Crippen molar-refractivity contribution in [3.8, 4) is 0 Å². The lowest BCUT2D eigenvalue weighted by atomic mass is 10.1. The van der Waals surface area contributed by atoms with Crippen LogP contribution in [0.1, 0.15) is 24.0 Å². The Morgan fingerprint density at radius 1 is 1.16 bits per heavy atom. The molecule has 3 nitrogen and oxygen atoms in total. The van der Waals surface area contributed by atoms with Crippen molar-refractivity contribution in [2.75, 3.05) is 6.54 Å². The molecule has 0 spiro atoms. The normalized spacial score (nSPS) is 11.4. The van der Waals surface area contributed by atoms with E-state index in [9.17, 15) is 18.0 Å². The van der Waals surface area contributed by atoms with E-state index in [0.29, 0.717) is 6.54 Å². The number of halogens is 3. The third kappa shape index (κ3) is 6.81. The van der Waals surface area contributed by atoms with E-state index < -0.39 is 24.9 Å². The van der Waals surface area contributed by atoms with Crippen LogP contribution < -0.4 is 11.1 Å². The second kappa shape index (κ2) is 7.13. The van der Waals surface area contributed by atoms with Gasteiger partial charge in [-0.25, -0.2) is 0 Å². The topological polar surface area (TPSA) is 55.1 Å². The Kier molecular flexibility index (Phi) is 5.82. The lowest BCUT2D eigenvalue weighted by Crippen LogP contribution is -2.24. The van der Waals surface area contributed by atoms with Crippen LogP contribution in [-0.4, -0.2) is 18.6 Å². The number of nitrogens with one attached hydrogen (secondary N) is 1. The first-order chi connectivity index (χ1) is 8.90. The summed E-state index contributed by atoms with van der Waals surface area (Å²) in [5, 5.41) is 2.46. The summed E-state index contributed by atoms with van der Waals surface area (Å²) in [6.07, 6.45) is -5.14. The molecule has 0 saturated heterocycles. The number of benzene rings is 1. The lowest BCUT2D eigenvalue weighted by Gasteiger charge is -2.08. The van der Waals surface area contributed by atoms with E-state index in [2.05, 4.69) is 5.32 Å². The van der Waals surface area contributed by atoms with Gasteiger partial charge in [-0.05, 0) is 24.1 Å². The van der Waals surface area contributed by atoms with Crippen LogP contribution in [0.2, 0.25) is 0 Å². The largest absolute Gasteiger partial charge is 0.389 e. The Balaban J connectivity index is 2.33. The molecule has 6 heteroatoms. The minimum Gasteiger partial charge on any atom is -0.352 e. The molecule has 0 unspecified atom stereocenters. The predicted octanol–water partition coefficient (Wildman–Crippen LogP) is 2.15.